The highest BCUT2D eigenvalue weighted by atomic mass is 19.3. The summed E-state index contributed by atoms with van der Waals surface area (Å²) in [4.78, 5) is 0. The Labute approximate surface area is 70.7 Å². The second-order valence-electron chi connectivity index (χ2n) is 2.62. The van der Waals surface area contributed by atoms with Crippen LogP contribution in [0.5, 0.6) is 0 Å². The number of ether oxygens (including phenoxy) is 1. The van der Waals surface area contributed by atoms with Crippen LogP contribution in [-0.2, 0) is 4.74 Å². The van der Waals surface area contributed by atoms with E-state index in [1.165, 1.54) is 14.0 Å². The van der Waals surface area contributed by atoms with Gasteiger partial charge in [-0.2, -0.15) is 0 Å². The minimum atomic E-state index is -2.42. The zero-order chi connectivity index (χ0) is 9.56. The molecule has 0 aromatic rings. The van der Waals surface area contributed by atoms with Crippen molar-refractivity contribution in [1.29, 1.82) is 0 Å². The Balaban J connectivity index is 3.68. The van der Waals surface area contributed by atoms with Crippen molar-refractivity contribution >= 4 is 0 Å². The molecule has 0 amide bonds. The third-order valence-electron chi connectivity index (χ3n) is 1.46. The molecule has 12 heavy (non-hydrogen) atoms. The minimum absolute atomic E-state index is 0.203. The normalized spacial score (nSPS) is 16.5. The van der Waals surface area contributed by atoms with Crippen molar-refractivity contribution in [3.63, 3.8) is 0 Å². The third kappa shape index (κ3) is 4.58. The summed E-state index contributed by atoms with van der Waals surface area (Å²) in [6, 6.07) is -1.34. The quantitative estimate of drug-likeness (QED) is 0.619. The van der Waals surface area contributed by atoms with Crippen molar-refractivity contribution in [1.82, 2.24) is 5.32 Å². The number of nitrogens with one attached hydrogen (secondary N) is 1. The zero-order valence-corrected chi connectivity index (χ0v) is 7.26. The molecule has 0 aromatic heterocycles. The molecular weight excluding hydrogens is 168 g/mol. The molecule has 0 rings (SSSR count). The summed E-state index contributed by atoms with van der Waals surface area (Å²) >= 11 is 0. The average Bonchev–Trinajstić information content (AvgIpc) is 2.03. The van der Waals surface area contributed by atoms with Gasteiger partial charge in [0, 0.05) is 7.11 Å². The van der Waals surface area contributed by atoms with Gasteiger partial charge in [-0.1, -0.05) is 0 Å². The van der Waals surface area contributed by atoms with Crippen molar-refractivity contribution in [2.75, 3.05) is 20.3 Å². The first kappa shape index (κ1) is 11.7. The van der Waals surface area contributed by atoms with Gasteiger partial charge in [0.1, 0.15) is 0 Å². The van der Waals surface area contributed by atoms with Gasteiger partial charge in [0.2, 0.25) is 0 Å². The summed E-state index contributed by atoms with van der Waals surface area (Å²) in [7, 11) is 1.46. The van der Waals surface area contributed by atoms with Gasteiger partial charge in [-0.15, -0.1) is 0 Å². The van der Waals surface area contributed by atoms with Crippen molar-refractivity contribution in [3.8, 4) is 0 Å². The molecule has 2 atom stereocenters. The fourth-order valence-corrected chi connectivity index (χ4v) is 0.799. The fraction of sp³-hybridized carbons (Fsp3) is 1.00. The maximum absolute atomic E-state index is 12.0. The molecule has 0 aliphatic heterocycles. The summed E-state index contributed by atoms with van der Waals surface area (Å²) in [6.07, 6.45) is -2.42. The molecule has 0 saturated heterocycles. The largest absolute Gasteiger partial charge is 0.395 e. The maximum Gasteiger partial charge on any atom is 0.253 e. The van der Waals surface area contributed by atoms with E-state index in [1.807, 2.05) is 0 Å². The molecule has 0 spiro atoms. The fourth-order valence-electron chi connectivity index (χ4n) is 0.799. The number of rotatable bonds is 6. The minimum Gasteiger partial charge on any atom is -0.395 e. The Bertz CT molecular complexity index is 114. The Morgan fingerprint density at radius 2 is 2.08 bits per heavy atom. The van der Waals surface area contributed by atoms with Crippen LogP contribution >= 0.6 is 0 Å². The van der Waals surface area contributed by atoms with Gasteiger partial charge in [0.25, 0.3) is 6.43 Å². The monoisotopic (exact) mass is 183 g/mol. The molecule has 0 aliphatic carbocycles. The number of methoxy groups -OCH3 is 1. The van der Waals surface area contributed by atoms with E-state index in [-0.39, 0.29) is 13.2 Å². The zero-order valence-electron chi connectivity index (χ0n) is 7.26. The van der Waals surface area contributed by atoms with Crippen LogP contribution in [-0.4, -0.2) is 43.9 Å². The average molecular weight is 183 g/mol. The molecule has 3 nitrogen and oxygen atoms in total. The van der Waals surface area contributed by atoms with Gasteiger partial charge in [-0.05, 0) is 6.92 Å². The molecule has 2 unspecified atom stereocenters. The standard InChI is InChI=1S/C7H15F2NO2/c1-5(7(8)9)10-6(3-11)4-12-2/h5-7,10-11H,3-4H2,1-2H3. The van der Waals surface area contributed by atoms with Crippen LogP contribution in [0.3, 0.4) is 0 Å². The van der Waals surface area contributed by atoms with Crippen molar-refractivity contribution in [2.24, 2.45) is 0 Å². The molecule has 0 saturated carbocycles. The highest BCUT2D eigenvalue weighted by Crippen LogP contribution is 2.00. The molecule has 0 bridgehead atoms. The second-order valence-corrected chi connectivity index (χ2v) is 2.62. The maximum atomic E-state index is 12.0. The molecule has 0 aliphatic rings. The van der Waals surface area contributed by atoms with Crippen molar-refractivity contribution in [2.45, 2.75) is 25.4 Å². The first-order valence-electron chi connectivity index (χ1n) is 3.75. The van der Waals surface area contributed by atoms with Crippen LogP contribution in [0.1, 0.15) is 6.92 Å². The summed E-state index contributed by atoms with van der Waals surface area (Å²) in [5, 5.41) is 11.2. The van der Waals surface area contributed by atoms with Crippen LogP contribution in [0.25, 0.3) is 0 Å². The van der Waals surface area contributed by atoms with Crippen LogP contribution in [0.2, 0.25) is 0 Å². The van der Waals surface area contributed by atoms with Crippen molar-refractivity contribution in [3.05, 3.63) is 0 Å². The highest BCUT2D eigenvalue weighted by Gasteiger charge is 2.18. The van der Waals surface area contributed by atoms with Crippen LogP contribution in [0.15, 0.2) is 0 Å². The predicted molar refractivity (Wildman–Crippen MR) is 41.4 cm³/mol. The predicted octanol–water partition coefficient (Wildman–Crippen LogP) is 0.237. The number of aliphatic hydroxyl groups excluding tert-OH is 1. The van der Waals surface area contributed by atoms with E-state index in [2.05, 4.69) is 5.32 Å². The van der Waals surface area contributed by atoms with Crippen LogP contribution in [0.4, 0.5) is 8.78 Å². The second kappa shape index (κ2) is 6.28. The van der Waals surface area contributed by atoms with E-state index in [9.17, 15) is 8.78 Å². The Kier molecular flexibility index (Phi) is 6.14. The van der Waals surface area contributed by atoms with E-state index in [0.29, 0.717) is 0 Å². The lowest BCUT2D eigenvalue weighted by Gasteiger charge is -2.20. The lowest BCUT2D eigenvalue weighted by Crippen LogP contribution is -2.45. The molecule has 5 heteroatoms. The number of alkyl halides is 2. The van der Waals surface area contributed by atoms with E-state index < -0.39 is 18.5 Å². The first-order valence-corrected chi connectivity index (χ1v) is 3.75. The molecule has 0 heterocycles. The number of halogens is 2. The number of hydrogen-bond acceptors (Lipinski definition) is 3. The highest BCUT2D eigenvalue weighted by molar-refractivity contribution is 4.71. The molecule has 0 aromatic carbocycles. The Morgan fingerprint density at radius 3 is 2.42 bits per heavy atom. The molecule has 2 N–H and O–H groups in total. The van der Waals surface area contributed by atoms with Crippen molar-refractivity contribution < 1.29 is 18.6 Å². The number of hydrogen-bond donors (Lipinski definition) is 2. The van der Waals surface area contributed by atoms with E-state index in [1.54, 1.807) is 0 Å². The van der Waals surface area contributed by atoms with Crippen LogP contribution in [0, 0.1) is 0 Å². The number of aliphatic hydroxyl groups is 1. The summed E-state index contributed by atoms with van der Waals surface area (Å²) in [5.74, 6) is 0. The summed E-state index contributed by atoms with van der Waals surface area (Å²) < 4.78 is 28.7. The summed E-state index contributed by atoms with van der Waals surface area (Å²) in [5.41, 5.74) is 0. The lowest BCUT2D eigenvalue weighted by molar-refractivity contribution is 0.0719. The molecule has 0 fully saturated rings. The topological polar surface area (TPSA) is 41.5 Å². The molecular formula is C7H15F2NO2. The van der Waals surface area contributed by atoms with Gasteiger partial charge in [0.15, 0.2) is 0 Å². The Hall–Kier alpha value is -0.260. The SMILES string of the molecule is COCC(CO)NC(C)C(F)F. The van der Waals surface area contributed by atoms with Gasteiger partial charge < -0.3 is 15.2 Å². The van der Waals surface area contributed by atoms with E-state index >= 15 is 0 Å². The molecule has 74 valence electrons. The van der Waals surface area contributed by atoms with Gasteiger partial charge in [0.05, 0.1) is 25.3 Å². The van der Waals surface area contributed by atoms with E-state index in [0.717, 1.165) is 0 Å². The smallest absolute Gasteiger partial charge is 0.253 e. The van der Waals surface area contributed by atoms with Gasteiger partial charge >= 0.3 is 0 Å². The Morgan fingerprint density at radius 1 is 1.50 bits per heavy atom. The van der Waals surface area contributed by atoms with E-state index in [4.69, 9.17) is 9.84 Å². The van der Waals surface area contributed by atoms with Crippen LogP contribution < -0.4 is 5.32 Å². The van der Waals surface area contributed by atoms with Gasteiger partial charge in [-0.3, -0.25) is 0 Å². The first-order chi connectivity index (χ1) is 5.61. The third-order valence-corrected chi connectivity index (χ3v) is 1.46. The molecule has 0 radical (unpaired) electrons. The summed E-state index contributed by atoms with van der Waals surface area (Å²) in [6.45, 7) is 1.39. The lowest BCUT2D eigenvalue weighted by atomic mass is 10.2. The van der Waals surface area contributed by atoms with Gasteiger partial charge in [-0.25, -0.2) is 8.78 Å².